The van der Waals surface area contributed by atoms with Crippen molar-refractivity contribution in [3.63, 3.8) is 0 Å². The number of ether oxygens (including phenoxy) is 1. The number of piperidine rings is 1. The predicted octanol–water partition coefficient (Wildman–Crippen LogP) is 2.64. The van der Waals surface area contributed by atoms with Gasteiger partial charge in [-0.2, -0.15) is 0 Å². The summed E-state index contributed by atoms with van der Waals surface area (Å²) in [5, 5.41) is 6.83. The topological polar surface area (TPSA) is 48.9 Å². The third-order valence-electron chi connectivity index (χ3n) is 4.19. The molecule has 1 aliphatic heterocycles. The van der Waals surface area contributed by atoms with Crippen molar-refractivity contribution in [2.24, 2.45) is 4.99 Å². The molecule has 0 unspecified atom stereocenters. The molecule has 1 heterocycles. The zero-order valence-corrected chi connectivity index (χ0v) is 17.4. The molecule has 6 heteroatoms. The van der Waals surface area contributed by atoms with E-state index in [1.165, 1.54) is 5.56 Å². The van der Waals surface area contributed by atoms with Crippen molar-refractivity contribution >= 4 is 29.9 Å². The Bertz CT molecular complexity index is 501. The summed E-state index contributed by atoms with van der Waals surface area (Å²) in [6.45, 7) is 9.07. The van der Waals surface area contributed by atoms with Gasteiger partial charge in [-0.05, 0) is 18.4 Å². The Morgan fingerprint density at radius 3 is 2.68 bits per heavy atom. The number of hydrogen-bond donors (Lipinski definition) is 2. The highest BCUT2D eigenvalue weighted by Gasteiger charge is 2.18. The fourth-order valence-electron chi connectivity index (χ4n) is 2.84. The lowest BCUT2D eigenvalue weighted by Crippen LogP contribution is -2.49. The van der Waals surface area contributed by atoms with Gasteiger partial charge in [-0.3, -0.25) is 9.89 Å². The van der Waals surface area contributed by atoms with Gasteiger partial charge in [0, 0.05) is 39.3 Å². The zero-order valence-electron chi connectivity index (χ0n) is 15.1. The molecule has 1 aliphatic rings. The van der Waals surface area contributed by atoms with E-state index in [2.05, 4.69) is 39.2 Å². The van der Waals surface area contributed by atoms with Gasteiger partial charge in [0.25, 0.3) is 0 Å². The molecular formula is C19H31IN4O. The van der Waals surface area contributed by atoms with Gasteiger partial charge in [0.1, 0.15) is 0 Å². The first kappa shape index (κ1) is 21.9. The molecule has 0 radical (unpaired) electrons. The smallest absolute Gasteiger partial charge is 0.191 e. The number of likely N-dealkylation sites (tertiary alicyclic amines) is 1. The molecule has 0 saturated carbocycles. The molecule has 140 valence electrons. The van der Waals surface area contributed by atoms with Crippen LogP contribution in [-0.2, 0) is 11.3 Å². The Morgan fingerprint density at radius 1 is 1.32 bits per heavy atom. The van der Waals surface area contributed by atoms with Crippen molar-refractivity contribution in [3.05, 3.63) is 48.6 Å². The normalized spacial score (nSPS) is 16.1. The van der Waals surface area contributed by atoms with Gasteiger partial charge in [0.15, 0.2) is 5.96 Å². The molecule has 5 nitrogen and oxygen atoms in total. The van der Waals surface area contributed by atoms with Crippen LogP contribution < -0.4 is 10.6 Å². The lowest BCUT2D eigenvalue weighted by molar-refractivity contribution is 0.125. The summed E-state index contributed by atoms with van der Waals surface area (Å²) in [7, 11) is 1.81. The third kappa shape index (κ3) is 8.69. The molecule has 0 aromatic heterocycles. The van der Waals surface area contributed by atoms with E-state index in [9.17, 15) is 0 Å². The highest BCUT2D eigenvalue weighted by atomic mass is 127. The van der Waals surface area contributed by atoms with Crippen LogP contribution in [-0.4, -0.2) is 56.7 Å². The largest absolute Gasteiger partial charge is 0.375 e. The maximum atomic E-state index is 5.68. The first-order chi connectivity index (χ1) is 11.8. The van der Waals surface area contributed by atoms with E-state index < -0.39 is 0 Å². The van der Waals surface area contributed by atoms with E-state index >= 15 is 0 Å². The fraction of sp³-hybridized carbons (Fsp3) is 0.526. The van der Waals surface area contributed by atoms with Crippen LogP contribution in [0.1, 0.15) is 18.4 Å². The molecule has 0 amide bonds. The standard InChI is InChI=1S/C19H30N4O.HI/c1-3-12-23-13-9-18(10-14-23)22-19(20-2)21-11-15-24-16-17-7-5-4-6-8-17;/h3-8,18H,1,9-16H2,2H3,(H2,20,21,22);1H. The van der Waals surface area contributed by atoms with E-state index in [4.69, 9.17) is 4.74 Å². The molecule has 2 rings (SSSR count). The van der Waals surface area contributed by atoms with Gasteiger partial charge in [-0.1, -0.05) is 36.4 Å². The van der Waals surface area contributed by atoms with Gasteiger partial charge < -0.3 is 15.4 Å². The minimum atomic E-state index is 0. The molecule has 0 spiro atoms. The van der Waals surface area contributed by atoms with E-state index in [1.807, 2.05) is 31.3 Å². The molecule has 1 aromatic carbocycles. The first-order valence-electron chi connectivity index (χ1n) is 8.74. The summed E-state index contributed by atoms with van der Waals surface area (Å²) in [5.41, 5.74) is 1.20. The number of rotatable bonds is 8. The highest BCUT2D eigenvalue weighted by molar-refractivity contribution is 14.0. The second-order valence-electron chi connectivity index (χ2n) is 6.05. The second-order valence-corrected chi connectivity index (χ2v) is 6.05. The second kappa shape index (κ2) is 13.1. The summed E-state index contributed by atoms with van der Waals surface area (Å²) < 4.78 is 5.68. The Balaban J connectivity index is 0.00000312. The number of hydrogen-bond acceptors (Lipinski definition) is 3. The van der Waals surface area contributed by atoms with Gasteiger partial charge in [-0.15, -0.1) is 30.6 Å². The Morgan fingerprint density at radius 2 is 2.04 bits per heavy atom. The van der Waals surface area contributed by atoms with Crippen LogP contribution in [0.4, 0.5) is 0 Å². The van der Waals surface area contributed by atoms with Crippen LogP contribution in [0.15, 0.2) is 48.0 Å². The third-order valence-corrected chi connectivity index (χ3v) is 4.19. The van der Waals surface area contributed by atoms with E-state index in [0.29, 0.717) is 19.3 Å². The number of nitrogens with one attached hydrogen (secondary N) is 2. The average Bonchev–Trinajstić information content (AvgIpc) is 2.63. The van der Waals surface area contributed by atoms with Crippen molar-refractivity contribution in [1.29, 1.82) is 0 Å². The number of guanidine groups is 1. The van der Waals surface area contributed by atoms with Crippen LogP contribution in [0.5, 0.6) is 0 Å². The molecule has 2 N–H and O–H groups in total. The van der Waals surface area contributed by atoms with Gasteiger partial charge in [-0.25, -0.2) is 0 Å². The van der Waals surface area contributed by atoms with Crippen LogP contribution in [0.25, 0.3) is 0 Å². The summed E-state index contributed by atoms with van der Waals surface area (Å²) >= 11 is 0. The molecule has 1 fully saturated rings. The van der Waals surface area contributed by atoms with Gasteiger partial charge in [0.05, 0.1) is 13.2 Å². The molecule has 0 bridgehead atoms. The lowest BCUT2D eigenvalue weighted by atomic mass is 10.1. The Kier molecular flexibility index (Phi) is 11.5. The van der Waals surface area contributed by atoms with Gasteiger partial charge in [0.2, 0.25) is 0 Å². The summed E-state index contributed by atoms with van der Waals surface area (Å²) in [6.07, 6.45) is 4.25. The van der Waals surface area contributed by atoms with Crippen molar-refractivity contribution in [1.82, 2.24) is 15.5 Å². The maximum absolute atomic E-state index is 5.68. The van der Waals surface area contributed by atoms with E-state index in [1.54, 1.807) is 0 Å². The summed E-state index contributed by atoms with van der Waals surface area (Å²) in [6, 6.07) is 10.7. The van der Waals surface area contributed by atoms with Crippen molar-refractivity contribution in [2.75, 3.05) is 39.8 Å². The number of halogens is 1. The molecule has 0 aliphatic carbocycles. The SMILES string of the molecule is C=CCN1CCC(NC(=NC)NCCOCc2ccccc2)CC1.I. The average molecular weight is 458 g/mol. The molecule has 1 aromatic rings. The molecule has 1 saturated heterocycles. The maximum Gasteiger partial charge on any atom is 0.191 e. The highest BCUT2D eigenvalue weighted by Crippen LogP contribution is 2.09. The summed E-state index contributed by atoms with van der Waals surface area (Å²) in [5.74, 6) is 0.862. The van der Waals surface area contributed by atoms with Crippen LogP contribution in [0.3, 0.4) is 0 Å². The number of benzene rings is 1. The number of nitrogens with zero attached hydrogens (tertiary/aromatic N) is 2. The van der Waals surface area contributed by atoms with E-state index in [-0.39, 0.29) is 24.0 Å². The minimum Gasteiger partial charge on any atom is -0.375 e. The van der Waals surface area contributed by atoms with Crippen LogP contribution in [0, 0.1) is 0 Å². The van der Waals surface area contributed by atoms with Gasteiger partial charge >= 0.3 is 0 Å². The Hall–Kier alpha value is -1.12. The number of aliphatic imine (C=N–C) groups is 1. The fourth-order valence-corrected chi connectivity index (χ4v) is 2.84. The minimum absolute atomic E-state index is 0. The van der Waals surface area contributed by atoms with Crippen LogP contribution >= 0.6 is 24.0 Å². The molecule has 25 heavy (non-hydrogen) atoms. The Labute approximate surface area is 168 Å². The lowest BCUT2D eigenvalue weighted by Gasteiger charge is -2.32. The monoisotopic (exact) mass is 458 g/mol. The van der Waals surface area contributed by atoms with Crippen molar-refractivity contribution < 1.29 is 4.74 Å². The zero-order chi connectivity index (χ0) is 17.0. The van der Waals surface area contributed by atoms with Crippen LogP contribution in [0.2, 0.25) is 0 Å². The summed E-state index contributed by atoms with van der Waals surface area (Å²) in [4.78, 5) is 6.73. The predicted molar refractivity (Wildman–Crippen MR) is 116 cm³/mol. The molecule has 0 atom stereocenters. The first-order valence-corrected chi connectivity index (χ1v) is 8.74. The van der Waals surface area contributed by atoms with Crippen molar-refractivity contribution in [2.45, 2.75) is 25.5 Å². The quantitative estimate of drug-likeness (QED) is 0.207. The molecular weight excluding hydrogens is 427 g/mol. The van der Waals surface area contributed by atoms with E-state index in [0.717, 1.165) is 45.0 Å². The van der Waals surface area contributed by atoms with Crippen molar-refractivity contribution in [3.8, 4) is 0 Å².